The van der Waals surface area contributed by atoms with Crippen LogP contribution in [0.4, 0.5) is 26.3 Å². The number of nitrogens with one attached hydrogen (secondary N) is 2. The van der Waals surface area contributed by atoms with E-state index < -0.39 is 59.3 Å². The van der Waals surface area contributed by atoms with Crippen molar-refractivity contribution in [1.82, 2.24) is 20.5 Å². The molecular weight excluding hydrogens is 498 g/mol. The van der Waals surface area contributed by atoms with Gasteiger partial charge in [-0.1, -0.05) is 0 Å². The van der Waals surface area contributed by atoms with Crippen molar-refractivity contribution in [1.29, 1.82) is 0 Å². The number of fused-ring (bicyclic) bond motifs is 1. The van der Waals surface area contributed by atoms with E-state index in [4.69, 9.17) is 0 Å². The number of halogens is 6. The van der Waals surface area contributed by atoms with Gasteiger partial charge in [0.1, 0.15) is 6.04 Å². The van der Waals surface area contributed by atoms with Gasteiger partial charge in [-0.2, -0.15) is 26.3 Å². The second kappa shape index (κ2) is 8.91. The monoisotopic (exact) mass is 514 g/mol. The molecule has 2 atom stereocenters. The molecule has 1 fully saturated rings. The Labute approximate surface area is 198 Å². The van der Waals surface area contributed by atoms with Crippen LogP contribution in [0.3, 0.4) is 0 Å². The summed E-state index contributed by atoms with van der Waals surface area (Å²) >= 11 is 0. The number of alkyl halides is 6. The van der Waals surface area contributed by atoms with Crippen molar-refractivity contribution in [3.63, 3.8) is 0 Å². The highest BCUT2D eigenvalue weighted by Gasteiger charge is 2.44. The molecule has 14 heteroatoms. The third-order valence-corrected chi connectivity index (χ3v) is 5.79. The van der Waals surface area contributed by atoms with Crippen LogP contribution in [-0.4, -0.2) is 45.7 Å². The quantitative estimate of drug-likeness (QED) is 0.482. The zero-order chi connectivity index (χ0) is 26.4. The molecule has 1 unspecified atom stereocenters. The molecule has 8 nitrogen and oxygen atoms in total. The van der Waals surface area contributed by atoms with Crippen LogP contribution in [0.25, 0.3) is 0 Å². The number of carbonyl (C=O) groups excluding carboxylic acids is 4. The molecule has 2 aliphatic rings. The Balaban J connectivity index is 1.56. The molecule has 0 saturated carbocycles. The zero-order valence-corrected chi connectivity index (χ0v) is 18.0. The Kier molecular flexibility index (Phi) is 6.22. The van der Waals surface area contributed by atoms with Gasteiger partial charge in [0, 0.05) is 30.3 Å². The molecule has 2 aliphatic heterocycles. The first kappa shape index (κ1) is 25.1. The Bertz CT molecular complexity index is 1260. The molecule has 4 amide bonds. The first-order valence-electron chi connectivity index (χ1n) is 10.4. The smallest absolute Gasteiger partial charge is 0.335 e. The summed E-state index contributed by atoms with van der Waals surface area (Å²) in [4.78, 5) is 53.4. The summed E-state index contributed by atoms with van der Waals surface area (Å²) in [6, 6.07) is 0.420. The number of benzene rings is 1. The van der Waals surface area contributed by atoms with Crippen LogP contribution < -0.4 is 10.6 Å². The van der Waals surface area contributed by atoms with Gasteiger partial charge in [0.25, 0.3) is 11.8 Å². The average Bonchev–Trinajstić information content (AvgIpc) is 3.11. The largest absolute Gasteiger partial charge is 0.416 e. The summed E-state index contributed by atoms with van der Waals surface area (Å²) in [6.45, 7) is -0.126. The lowest BCUT2D eigenvalue weighted by atomic mass is 10.0. The number of hydrogen-bond acceptors (Lipinski definition) is 5. The topological polar surface area (TPSA) is 108 Å². The molecule has 1 aromatic carbocycles. The van der Waals surface area contributed by atoms with Gasteiger partial charge < -0.3 is 10.2 Å². The molecule has 36 heavy (non-hydrogen) atoms. The van der Waals surface area contributed by atoms with E-state index in [0.717, 1.165) is 6.07 Å². The van der Waals surface area contributed by atoms with Crippen LogP contribution in [0.1, 0.15) is 56.4 Å². The third kappa shape index (κ3) is 4.88. The van der Waals surface area contributed by atoms with E-state index in [2.05, 4.69) is 10.3 Å². The SMILES string of the molecule is O=C1CCC(N2Cc3cc(C(=O)N[C@H](c4cc(C(F)(F)F)ccn4)C(F)(F)F)ccc3C2=O)C(=O)N1. The van der Waals surface area contributed by atoms with Gasteiger partial charge in [0.15, 0.2) is 6.04 Å². The van der Waals surface area contributed by atoms with Gasteiger partial charge in [-0.3, -0.25) is 29.5 Å². The van der Waals surface area contributed by atoms with E-state index in [-0.39, 0.29) is 42.1 Å². The highest BCUT2D eigenvalue weighted by atomic mass is 19.4. The fourth-order valence-corrected chi connectivity index (χ4v) is 4.04. The predicted molar refractivity (Wildman–Crippen MR) is 108 cm³/mol. The molecule has 3 heterocycles. The highest BCUT2D eigenvalue weighted by molar-refractivity contribution is 6.06. The number of rotatable bonds is 4. The molecule has 1 saturated heterocycles. The fraction of sp³-hybridized carbons (Fsp3) is 0.318. The lowest BCUT2D eigenvalue weighted by molar-refractivity contribution is -0.157. The maximum atomic E-state index is 13.7. The van der Waals surface area contributed by atoms with Crippen molar-refractivity contribution < 1.29 is 45.5 Å². The minimum Gasteiger partial charge on any atom is -0.335 e. The summed E-state index contributed by atoms with van der Waals surface area (Å²) < 4.78 is 79.8. The third-order valence-electron chi connectivity index (χ3n) is 5.79. The van der Waals surface area contributed by atoms with Crippen LogP contribution in [0.2, 0.25) is 0 Å². The Hall–Kier alpha value is -3.97. The van der Waals surface area contributed by atoms with Crippen LogP contribution in [0, 0.1) is 0 Å². The summed E-state index contributed by atoms with van der Waals surface area (Å²) in [5.74, 6) is -2.94. The summed E-state index contributed by atoms with van der Waals surface area (Å²) in [7, 11) is 0. The van der Waals surface area contributed by atoms with Gasteiger partial charge >= 0.3 is 12.4 Å². The van der Waals surface area contributed by atoms with Gasteiger partial charge in [-0.05, 0) is 42.3 Å². The lowest BCUT2D eigenvalue weighted by Gasteiger charge is -2.29. The molecule has 190 valence electrons. The normalized spacial score (nSPS) is 19.1. The minimum atomic E-state index is -5.16. The standard InChI is InChI=1S/C22H16F6N4O4/c23-21(24,25)12-5-6-29-14(8-12)17(22(26,27)28)31-18(34)10-1-2-13-11(7-10)9-32(20(13)36)15-3-4-16(33)30-19(15)35/h1-2,5-8,15,17H,3-4,9H2,(H,31,34)(H,30,33,35)/t15?,17-/m1/s1. The van der Waals surface area contributed by atoms with E-state index in [1.165, 1.54) is 17.0 Å². The number of nitrogens with zero attached hydrogens (tertiary/aromatic N) is 2. The number of amides is 4. The lowest BCUT2D eigenvalue weighted by Crippen LogP contribution is -2.52. The Morgan fingerprint density at radius 2 is 1.81 bits per heavy atom. The number of imide groups is 1. The number of pyridine rings is 1. The van der Waals surface area contributed by atoms with Crippen LogP contribution in [0.15, 0.2) is 36.5 Å². The molecule has 2 aromatic rings. The molecule has 0 aliphatic carbocycles. The van der Waals surface area contributed by atoms with Gasteiger partial charge in [0.2, 0.25) is 11.8 Å². The Morgan fingerprint density at radius 1 is 1.08 bits per heavy atom. The molecule has 4 rings (SSSR count). The number of aromatic nitrogens is 1. The van der Waals surface area contributed by atoms with Crippen molar-refractivity contribution in [2.24, 2.45) is 0 Å². The van der Waals surface area contributed by atoms with Crippen molar-refractivity contribution in [2.45, 2.75) is 43.8 Å². The molecule has 0 bridgehead atoms. The van der Waals surface area contributed by atoms with Crippen LogP contribution in [0.5, 0.6) is 0 Å². The molecule has 1 aromatic heterocycles. The highest BCUT2D eigenvalue weighted by Crippen LogP contribution is 2.36. The van der Waals surface area contributed by atoms with E-state index in [1.807, 2.05) is 0 Å². The van der Waals surface area contributed by atoms with E-state index in [9.17, 15) is 45.5 Å². The minimum absolute atomic E-state index is 0.0204. The summed E-state index contributed by atoms with van der Waals surface area (Å²) in [5, 5.41) is 3.79. The van der Waals surface area contributed by atoms with Crippen molar-refractivity contribution >= 4 is 23.6 Å². The summed E-state index contributed by atoms with van der Waals surface area (Å²) in [6.07, 6.45) is -9.41. The molecule has 0 spiro atoms. The van der Waals surface area contributed by atoms with Crippen molar-refractivity contribution in [3.8, 4) is 0 Å². The van der Waals surface area contributed by atoms with Crippen molar-refractivity contribution in [2.75, 3.05) is 0 Å². The maximum absolute atomic E-state index is 13.7. The van der Waals surface area contributed by atoms with Gasteiger partial charge in [-0.25, -0.2) is 0 Å². The zero-order valence-electron chi connectivity index (χ0n) is 18.0. The molecular formula is C22H16F6N4O4. The summed E-state index contributed by atoms with van der Waals surface area (Å²) in [5.41, 5.74) is -2.30. The van der Waals surface area contributed by atoms with E-state index in [1.54, 1.807) is 5.32 Å². The average molecular weight is 514 g/mol. The van der Waals surface area contributed by atoms with Crippen molar-refractivity contribution in [3.05, 3.63) is 64.5 Å². The molecule has 0 radical (unpaired) electrons. The van der Waals surface area contributed by atoms with Gasteiger partial charge in [0.05, 0.1) is 11.3 Å². The fourth-order valence-electron chi connectivity index (χ4n) is 4.04. The van der Waals surface area contributed by atoms with E-state index in [0.29, 0.717) is 12.3 Å². The second-order valence-corrected chi connectivity index (χ2v) is 8.19. The molecule has 2 N–H and O–H groups in total. The Morgan fingerprint density at radius 3 is 2.44 bits per heavy atom. The first-order chi connectivity index (χ1) is 16.8. The van der Waals surface area contributed by atoms with Crippen LogP contribution in [-0.2, 0) is 22.3 Å². The first-order valence-corrected chi connectivity index (χ1v) is 10.4. The van der Waals surface area contributed by atoms with Crippen LogP contribution >= 0.6 is 0 Å². The van der Waals surface area contributed by atoms with E-state index >= 15 is 0 Å². The number of carbonyl (C=O) groups is 4. The number of hydrogen-bond donors (Lipinski definition) is 2. The predicted octanol–water partition coefficient (Wildman–Crippen LogP) is 2.89. The second-order valence-electron chi connectivity index (χ2n) is 8.19. The van der Waals surface area contributed by atoms with Gasteiger partial charge in [-0.15, -0.1) is 0 Å². The maximum Gasteiger partial charge on any atom is 0.416 e. The number of piperidine rings is 1.